The highest BCUT2D eigenvalue weighted by atomic mass is 32.2. The van der Waals surface area contributed by atoms with Gasteiger partial charge in [0, 0.05) is 30.4 Å². The standard InChI is InChI=1S/C44H87NO3S2/c1-4-7-10-13-16-25-32-41-49-43(47)35-28-21-17-23-30-37-45(39-40-46)38-31-24-18-22-29-36-44(48)50-42(33-26-19-14-11-8-5-2)34-27-20-15-12-9-6-3/h42,46H,4-41H2,1-3H3. The first-order chi connectivity index (χ1) is 24.6. The van der Waals surface area contributed by atoms with Crippen LogP contribution < -0.4 is 0 Å². The van der Waals surface area contributed by atoms with Gasteiger partial charge in [-0.15, -0.1) is 0 Å². The average Bonchev–Trinajstić information content (AvgIpc) is 3.11. The van der Waals surface area contributed by atoms with E-state index < -0.39 is 0 Å². The molecule has 0 amide bonds. The fourth-order valence-electron chi connectivity index (χ4n) is 6.88. The van der Waals surface area contributed by atoms with Gasteiger partial charge in [0.25, 0.3) is 0 Å². The van der Waals surface area contributed by atoms with E-state index >= 15 is 0 Å². The highest BCUT2D eigenvalue weighted by molar-refractivity contribution is 8.14. The van der Waals surface area contributed by atoms with Crippen LogP contribution in [0.5, 0.6) is 0 Å². The summed E-state index contributed by atoms with van der Waals surface area (Å²) in [6.07, 6.45) is 40.7. The van der Waals surface area contributed by atoms with Crippen molar-refractivity contribution in [3.8, 4) is 0 Å². The Kier molecular flexibility index (Phi) is 41.7. The van der Waals surface area contributed by atoms with Crippen LogP contribution in [-0.2, 0) is 9.59 Å². The van der Waals surface area contributed by atoms with E-state index in [0.29, 0.717) is 15.5 Å². The van der Waals surface area contributed by atoms with Crippen LogP contribution in [0.15, 0.2) is 0 Å². The van der Waals surface area contributed by atoms with Crippen LogP contribution in [-0.4, -0.2) is 57.5 Å². The SMILES string of the molecule is CCCCCCCCCSC(=O)CCCCCCCN(CCO)CCCCCCCC(=O)SC(CCCCCCCC)CCCCCCCC. The van der Waals surface area contributed by atoms with Crippen LogP contribution >= 0.6 is 23.5 Å². The zero-order valence-electron chi connectivity index (χ0n) is 34.0. The van der Waals surface area contributed by atoms with E-state index in [4.69, 9.17) is 0 Å². The number of unbranched alkanes of at least 4 members (excludes halogenated alkanes) is 24. The minimum Gasteiger partial charge on any atom is -0.395 e. The van der Waals surface area contributed by atoms with Crippen molar-refractivity contribution in [2.24, 2.45) is 0 Å². The van der Waals surface area contributed by atoms with Gasteiger partial charge in [-0.3, -0.25) is 9.59 Å². The lowest BCUT2D eigenvalue weighted by Crippen LogP contribution is -2.29. The molecule has 6 heteroatoms. The second kappa shape index (κ2) is 41.7. The molecule has 0 bridgehead atoms. The Morgan fingerprint density at radius 2 is 0.840 bits per heavy atom. The van der Waals surface area contributed by atoms with Crippen molar-refractivity contribution >= 4 is 33.8 Å². The maximum atomic E-state index is 12.9. The summed E-state index contributed by atoms with van der Waals surface area (Å²) in [7, 11) is 0. The van der Waals surface area contributed by atoms with Crippen LogP contribution in [0.1, 0.15) is 233 Å². The van der Waals surface area contributed by atoms with Gasteiger partial charge in [-0.05, 0) is 58.0 Å². The Bertz CT molecular complexity index is 691. The predicted octanol–water partition coefficient (Wildman–Crippen LogP) is 14.1. The molecule has 0 unspecified atom stereocenters. The summed E-state index contributed by atoms with van der Waals surface area (Å²) in [6, 6.07) is 0. The van der Waals surface area contributed by atoms with Crippen molar-refractivity contribution < 1.29 is 14.7 Å². The van der Waals surface area contributed by atoms with Gasteiger partial charge >= 0.3 is 0 Å². The van der Waals surface area contributed by atoms with Crippen molar-refractivity contribution in [2.75, 3.05) is 32.0 Å². The van der Waals surface area contributed by atoms with Crippen molar-refractivity contribution in [1.29, 1.82) is 0 Å². The molecule has 0 atom stereocenters. The van der Waals surface area contributed by atoms with Gasteiger partial charge in [0.2, 0.25) is 0 Å². The number of hydrogen-bond acceptors (Lipinski definition) is 6. The monoisotopic (exact) mass is 742 g/mol. The zero-order chi connectivity index (χ0) is 36.6. The molecule has 50 heavy (non-hydrogen) atoms. The van der Waals surface area contributed by atoms with E-state index in [2.05, 4.69) is 25.7 Å². The fraction of sp³-hybridized carbons (Fsp3) is 0.955. The number of hydrogen-bond donors (Lipinski definition) is 1. The lowest BCUT2D eigenvalue weighted by molar-refractivity contribution is -0.111. The average molecular weight is 742 g/mol. The van der Waals surface area contributed by atoms with Gasteiger partial charge in [-0.25, -0.2) is 0 Å². The highest BCUT2D eigenvalue weighted by Crippen LogP contribution is 2.27. The first-order valence-electron chi connectivity index (χ1n) is 22.3. The van der Waals surface area contributed by atoms with Gasteiger partial charge in [0.15, 0.2) is 10.2 Å². The molecule has 0 saturated carbocycles. The Morgan fingerprint density at radius 3 is 1.30 bits per heavy atom. The Morgan fingerprint density at radius 1 is 0.460 bits per heavy atom. The molecule has 0 spiro atoms. The lowest BCUT2D eigenvalue weighted by atomic mass is 10.0. The normalized spacial score (nSPS) is 11.7. The first kappa shape index (κ1) is 50.0. The molecule has 0 heterocycles. The number of carbonyl (C=O) groups excluding carboxylic acids is 2. The molecule has 0 rings (SSSR count). The van der Waals surface area contributed by atoms with E-state index in [0.717, 1.165) is 63.9 Å². The van der Waals surface area contributed by atoms with Gasteiger partial charge in [-0.1, -0.05) is 198 Å². The molecule has 1 N–H and O–H groups in total. The summed E-state index contributed by atoms with van der Waals surface area (Å²) in [6.45, 7) is 9.96. The number of aliphatic hydroxyl groups excluding tert-OH is 1. The summed E-state index contributed by atoms with van der Waals surface area (Å²) in [4.78, 5) is 27.5. The number of thioether (sulfide) groups is 2. The third-order valence-electron chi connectivity index (χ3n) is 10.2. The zero-order valence-corrected chi connectivity index (χ0v) is 35.6. The van der Waals surface area contributed by atoms with Crippen LogP contribution in [0.2, 0.25) is 0 Å². The molecule has 0 aliphatic carbocycles. The first-order valence-corrected chi connectivity index (χ1v) is 24.1. The number of carbonyl (C=O) groups is 2. The van der Waals surface area contributed by atoms with Gasteiger partial charge in [-0.2, -0.15) is 0 Å². The van der Waals surface area contributed by atoms with E-state index in [1.807, 2.05) is 0 Å². The van der Waals surface area contributed by atoms with E-state index in [-0.39, 0.29) is 6.61 Å². The molecule has 0 aromatic heterocycles. The lowest BCUT2D eigenvalue weighted by Gasteiger charge is -2.21. The molecule has 298 valence electrons. The molecule has 4 nitrogen and oxygen atoms in total. The van der Waals surface area contributed by atoms with Crippen LogP contribution in [0.4, 0.5) is 0 Å². The fourth-order valence-corrected chi connectivity index (χ4v) is 8.94. The summed E-state index contributed by atoms with van der Waals surface area (Å²) < 4.78 is 0. The van der Waals surface area contributed by atoms with Crippen molar-refractivity contribution in [1.82, 2.24) is 4.90 Å². The largest absolute Gasteiger partial charge is 0.395 e. The molecule has 0 aromatic carbocycles. The topological polar surface area (TPSA) is 57.6 Å². The maximum absolute atomic E-state index is 12.9. The number of aliphatic hydroxyl groups is 1. The minimum absolute atomic E-state index is 0.233. The van der Waals surface area contributed by atoms with E-state index in [1.165, 1.54) is 173 Å². The summed E-state index contributed by atoms with van der Waals surface area (Å²) in [5, 5.41) is 10.9. The molecule has 0 aliphatic heterocycles. The van der Waals surface area contributed by atoms with Crippen molar-refractivity contribution in [3.63, 3.8) is 0 Å². The number of nitrogens with zero attached hydrogens (tertiary/aromatic N) is 1. The molecule has 0 aromatic rings. The molecule has 0 fully saturated rings. The highest BCUT2D eigenvalue weighted by Gasteiger charge is 2.14. The predicted molar refractivity (Wildman–Crippen MR) is 227 cm³/mol. The van der Waals surface area contributed by atoms with Crippen LogP contribution in [0.25, 0.3) is 0 Å². The van der Waals surface area contributed by atoms with E-state index in [1.54, 1.807) is 23.5 Å². The van der Waals surface area contributed by atoms with Crippen LogP contribution in [0.3, 0.4) is 0 Å². The smallest absolute Gasteiger partial charge is 0.189 e. The maximum Gasteiger partial charge on any atom is 0.189 e. The Labute approximate surface area is 322 Å². The van der Waals surface area contributed by atoms with Crippen molar-refractivity contribution in [3.05, 3.63) is 0 Å². The van der Waals surface area contributed by atoms with Crippen LogP contribution in [0, 0.1) is 0 Å². The number of rotatable bonds is 41. The van der Waals surface area contributed by atoms with Gasteiger partial charge in [0.1, 0.15) is 0 Å². The van der Waals surface area contributed by atoms with Crippen molar-refractivity contribution in [2.45, 2.75) is 238 Å². The molecular formula is C44H87NO3S2. The summed E-state index contributed by atoms with van der Waals surface area (Å²) >= 11 is 3.26. The third-order valence-corrected chi connectivity index (χ3v) is 12.5. The molecular weight excluding hydrogens is 655 g/mol. The quantitative estimate of drug-likeness (QED) is 0.0630. The molecule has 0 radical (unpaired) electrons. The Balaban J connectivity index is 3.94. The van der Waals surface area contributed by atoms with E-state index in [9.17, 15) is 14.7 Å². The second-order valence-electron chi connectivity index (χ2n) is 15.2. The minimum atomic E-state index is 0.233. The molecule has 0 aliphatic rings. The van der Waals surface area contributed by atoms with Gasteiger partial charge < -0.3 is 10.0 Å². The summed E-state index contributed by atoms with van der Waals surface area (Å²) in [5.41, 5.74) is 0. The second-order valence-corrected chi connectivity index (χ2v) is 17.7. The Hall–Kier alpha value is -0.0400. The van der Waals surface area contributed by atoms with Gasteiger partial charge in [0.05, 0.1) is 6.61 Å². The molecule has 0 saturated heterocycles. The third kappa shape index (κ3) is 37.7. The summed E-state index contributed by atoms with van der Waals surface area (Å²) in [5.74, 6) is 1.01.